The molecule has 2 aliphatic heterocycles. The number of fused-ring (bicyclic) bond motifs is 2. The number of aromatic nitrogens is 1. The number of rotatable bonds is 5. The summed E-state index contributed by atoms with van der Waals surface area (Å²) in [6.45, 7) is 6.28. The molecule has 1 amide bonds. The van der Waals surface area contributed by atoms with Crippen LogP contribution in [0.25, 0.3) is 10.9 Å². The standard InChI is InChI=1S/C25H29F2N3O6/c1-24(2,3)36-23(34)28-11-25-12-29(9-13(25)6-7-35-25)20-17(26)8-15-19(18(20)27)30(14-4-5-14)10-16(21(15)31)22(32)33/h8,10,13-14H,4-7,9,11-12H2,1-3H3,(H,28,34)(H,32,33)/t13-,25-/m1/s1. The quantitative estimate of drug-likeness (QED) is 0.641. The molecule has 0 unspecified atom stereocenters. The minimum atomic E-state index is -1.44. The summed E-state index contributed by atoms with van der Waals surface area (Å²) in [6.07, 6.45) is 2.64. The molecule has 0 spiro atoms. The van der Waals surface area contributed by atoms with Crippen molar-refractivity contribution in [1.82, 2.24) is 9.88 Å². The van der Waals surface area contributed by atoms with Gasteiger partial charge in [-0.1, -0.05) is 0 Å². The number of anilines is 1. The summed E-state index contributed by atoms with van der Waals surface area (Å²) >= 11 is 0. The number of amides is 1. The fraction of sp³-hybridized carbons (Fsp3) is 0.560. The van der Waals surface area contributed by atoms with Gasteiger partial charge in [0.2, 0.25) is 5.43 Å². The Morgan fingerprint density at radius 3 is 2.64 bits per heavy atom. The molecule has 3 heterocycles. The molecule has 1 saturated carbocycles. The van der Waals surface area contributed by atoms with Crippen LogP contribution in [0.15, 0.2) is 17.1 Å². The largest absolute Gasteiger partial charge is 0.477 e. The van der Waals surface area contributed by atoms with Gasteiger partial charge in [-0.3, -0.25) is 4.79 Å². The Kier molecular flexibility index (Phi) is 5.73. The molecule has 2 saturated heterocycles. The Balaban J connectivity index is 1.50. The van der Waals surface area contributed by atoms with Crippen molar-refractivity contribution >= 4 is 28.7 Å². The van der Waals surface area contributed by atoms with Crippen molar-refractivity contribution in [3.8, 4) is 0 Å². The second-order valence-electron chi connectivity index (χ2n) is 10.9. The van der Waals surface area contributed by atoms with Crippen LogP contribution in [0.5, 0.6) is 0 Å². The highest BCUT2D eigenvalue weighted by Crippen LogP contribution is 2.44. The van der Waals surface area contributed by atoms with E-state index in [0.29, 0.717) is 32.4 Å². The molecule has 1 aromatic heterocycles. The molecule has 3 aliphatic rings. The van der Waals surface area contributed by atoms with E-state index in [-0.39, 0.29) is 41.6 Å². The molecule has 5 rings (SSSR count). The molecular formula is C25H29F2N3O6. The first kappa shape index (κ1) is 24.5. The number of hydrogen-bond donors (Lipinski definition) is 2. The summed E-state index contributed by atoms with van der Waals surface area (Å²) in [5.74, 6) is -3.37. The Hall–Kier alpha value is -3.21. The van der Waals surface area contributed by atoms with Crippen molar-refractivity contribution in [1.29, 1.82) is 0 Å². The van der Waals surface area contributed by atoms with Crippen LogP contribution in [0.2, 0.25) is 0 Å². The molecular weight excluding hydrogens is 476 g/mol. The first-order valence-corrected chi connectivity index (χ1v) is 12.1. The second kappa shape index (κ2) is 8.43. The molecule has 2 atom stereocenters. The van der Waals surface area contributed by atoms with E-state index < -0.39 is 45.9 Å². The number of nitrogens with zero attached hydrogens (tertiary/aromatic N) is 2. The third-order valence-corrected chi connectivity index (χ3v) is 7.10. The van der Waals surface area contributed by atoms with Crippen molar-refractivity contribution in [3.63, 3.8) is 0 Å². The number of carbonyl (C=O) groups excluding carboxylic acids is 1. The maximum Gasteiger partial charge on any atom is 0.407 e. The topological polar surface area (TPSA) is 110 Å². The number of nitrogens with one attached hydrogen (secondary N) is 1. The Labute approximate surface area is 206 Å². The SMILES string of the molecule is CC(C)(C)OC(=O)NC[C@@]12CN(c3c(F)cc4c(=O)c(C(=O)O)cn(C5CC5)c4c3F)C[C@H]1CCO2. The van der Waals surface area contributed by atoms with Crippen molar-refractivity contribution in [2.75, 3.05) is 31.1 Å². The summed E-state index contributed by atoms with van der Waals surface area (Å²) in [4.78, 5) is 38.1. The van der Waals surface area contributed by atoms with E-state index in [1.165, 1.54) is 4.57 Å². The lowest BCUT2D eigenvalue weighted by Crippen LogP contribution is -2.49. The van der Waals surface area contributed by atoms with Crippen LogP contribution in [-0.2, 0) is 9.47 Å². The third kappa shape index (κ3) is 4.19. The Morgan fingerprint density at radius 2 is 2.00 bits per heavy atom. The molecule has 0 radical (unpaired) electrons. The fourth-order valence-electron chi connectivity index (χ4n) is 5.34. The number of aromatic carboxylic acids is 1. The van der Waals surface area contributed by atoms with Crippen molar-refractivity contribution in [2.24, 2.45) is 5.92 Å². The highest BCUT2D eigenvalue weighted by atomic mass is 19.1. The van der Waals surface area contributed by atoms with Crippen LogP contribution in [-0.4, -0.2) is 59.2 Å². The lowest BCUT2D eigenvalue weighted by molar-refractivity contribution is -0.000290. The molecule has 11 heteroatoms. The first-order chi connectivity index (χ1) is 16.9. The summed E-state index contributed by atoms with van der Waals surface area (Å²) < 4.78 is 44.2. The summed E-state index contributed by atoms with van der Waals surface area (Å²) in [6, 6.07) is 0.784. The molecule has 36 heavy (non-hydrogen) atoms. The molecule has 0 bridgehead atoms. The van der Waals surface area contributed by atoms with E-state index in [0.717, 1.165) is 12.3 Å². The molecule has 2 N–H and O–H groups in total. The lowest BCUT2D eigenvalue weighted by atomic mass is 9.91. The molecule has 1 aromatic carbocycles. The summed E-state index contributed by atoms with van der Waals surface area (Å²) in [7, 11) is 0. The maximum atomic E-state index is 16.0. The maximum absolute atomic E-state index is 16.0. The Bertz CT molecular complexity index is 1320. The number of alkyl carbamates (subject to hydrolysis) is 1. The number of benzene rings is 1. The number of hydrogen-bond acceptors (Lipinski definition) is 6. The highest BCUT2D eigenvalue weighted by molar-refractivity contribution is 5.94. The van der Waals surface area contributed by atoms with E-state index in [2.05, 4.69) is 5.32 Å². The zero-order valence-electron chi connectivity index (χ0n) is 20.4. The molecule has 2 aromatic rings. The average molecular weight is 506 g/mol. The summed E-state index contributed by atoms with van der Waals surface area (Å²) in [5.41, 5.74) is -3.32. The van der Waals surface area contributed by atoms with E-state index in [1.807, 2.05) is 0 Å². The molecule has 194 valence electrons. The zero-order valence-corrected chi connectivity index (χ0v) is 20.4. The van der Waals surface area contributed by atoms with Crippen LogP contribution in [0, 0.1) is 17.6 Å². The fourth-order valence-corrected chi connectivity index (χ4v) is 5.34. The zero-order chi connectivity index (χ0) is 26.0. The summed E-state index contributed by atoms with van der Waals surface area (Å²) in [5, 5.41) is 11.9. The van der Waals surface area contributed by atoms with E-state index in [9.17, 15) is 19.5 Å². The minimum Gasteiger partial charge on any atom is -0.477 e. The van der Waals surface area contributed by atoms with Crippen LogP contribution in [0.4, 0.5) is 19.3 Å². The van der Waals surface area contributed by atoms with Gasteiger partial charge in [0, 0.05) is 37.9 Å². The van der Waals surface area contributed by atoms with Gasteiger partial charge < -0.3 is 29.4 Å². The number of carbonyl (C=O) groups is 2. The molecule has 1 aliphatic carbocycles. The van der Waals surface area contributed by atoms with Gasteiger partial charge in [-0.05, 0) is 46.1 Å². The molecule has 9 nitrogen and oxygen atoms in total. The van der Waals surface area contributed by atoms with Crippen molar-refractivity contribution < 1.29 is 33.0 Å². The lowest BCUT2D eigenvalue weighted by Gasteiger charge is -2.30. The van der Waals surface area contributed by atoms with E-state index >= 15 is 8.78 Å². The Morgan fingerprint density at radius 1 is 1.28 bits per heavy atom. The van der Waals surface area contributed by atoms with Gasteiger partial charge >= 0.3 is 12.1 Å². The number of pyridine rings is 1. The van der Waals surface area contributed by atoms with Gasteiger partial charge in [0.15, 0.2) is 5.82 Å². The number of ether oxygens (including phenoxy) is 2. The van der Waals surface area contributed by atoms with Gasteiger partial charge in [0.1, 0.15) is 28.3 Å². The molecule has 3 fully saturated rings. The minimum absolute atomic E-state index is 0.0815. The monoisotopic (exact) mass is 505 g/mol. The predicted molar refractivity (Wildman–Crippen MR) is 127 cm³/mol. The van der Waals surface area contributed by atoms with Crippen molar-refractivity contribution in [3.05, 3.63) is 39.7 Å². The smallest absolute Gasteiger partial charge is 0.407 e. The number of carboxylic acids is 1. The number of carboxylic acid groups (broad SMARTS) is 1. The second-order valence-corrected chi connectivity index (χ2v) is 10.9. The predicted octanol–water partition coefficient (Wildman–Crippen LogP) is 3.43. The third-order valence-electron chi connectivity index (χ3n) is 7.10. The van der Waals surface area contributed by atoms with Crippen LogP contribution in [0.1, 0.15) is 56.4 Å². The first-order valence-electron chi connectivity index (χ1n) is 12.1. The number of halogens is 2. The van der Waals surface area contributed by atoms with Gasteiger partial charge in [-0.15, -0.1) is 0 Å². The van der Waals surface area contributed by atoms with Gasteiger partial charge in [0.25, 0.3) is 0 Å². The van der Waals surface area contributed by atoms with Crippen LogP contribution < -0.4 is 15.6 Å². The van der Waals surface area contributed by atoms with Crippen LogP contribution in [0.3, 0.4) is 0 Å². The van der Waals surface area contributed by atoms with Crippen molar-refractivity contribution in [2.45, 2.75) is 57.3 Å². The highest BCUT2D eigenvalue weighted by Gasteiger charge is 2.52. The van der Waals surface area contributed by atoms with Gasteiger partial charge in [-0.2, -0.15) is 0 Å². The average Bonchev–Trinajstić information content (AvgIpc) is 3.44. The van der Waals surface area contributed by atoms with E-state index in [4.69, 9.17) is 9.47 Å². The van der Waals surface area contributed by atoms with Gasteiger partial charge in [-0.25, -0.2) is 18.4 Å². The van der Waals surface area contributed by atoms with Crippen LogP contribution >= 0.6 is 0 Å². The van der Waals surface area contributed by atoms with Gasteiger partial charge in [0.05, 0.1) is 17.4 Å². The normalized spacial score (nSPS) is 23.7. The van der Waals surface area contributed by atoms with E-state index in [1.54, 1.807) is 25.7 Å².